The molecular weight excluding hydrogens is 102 g/mol. The summed E-state index contributed by atoms with van der Waals surface area (Å²) in [6, 6.07) is 0. The van der Waals surface area contributed by atoms with Crippen LogP contribution >= 0.6 is 0 Å². The Morgan fingerprint density at radius 3 is 2.38 bits per heavy atom. The highest BCUT2D eigenvalue weighted by molar-refractivity contribution is 4.95. The highest BCUT2D eigenvalue weighted by Crippen LogP contribution is 1.94. The van der Waals surface area contributed by atoms with Crippen molar-refractivity contribution in [3.63, 3.8) is 0 Å². The molecule has 0 aromatic carbocycles. The third kappa shape index (κ3) is 2.29. The Morgan fingerprint density at radius 1 is 1.62 bits per heavy atom. The van der Waals surface area contributed by atoms with Gasteiger partial charge in [0.05, 0.1) is 0 Å². The van der Waals surface area contributed by atoms with Gasteiger partial charge in [-0.1, -0.05) is 13.8 Å². The van der Waals surface area contributed by atoms with E-state index in [0.29, 0.717) is 5.88 Å². The minimum absolute atomic E-state index is 0.593. The van der Waals surface area contributed by atoms with E-state index in [1.165, 1.54) is 0 Å². The molecule has 1 aliphatic heterocycles. The average molecular weight is 113 g/mol. The fourth-order valence-electron chi connectivity index (χ4n) is 0.277. The van der Waals surface area contributed by atoms with Gasteiger partial charge in [-0.15, -0.1) is 0 Å². The van der Waals surface area contributed by atoms with Crippen LogP contribution in [0.4, 0.5) is 0 Å². The van der Waals surface area contributed by atoms with Gasteiger partial charge < -0.3 is 10.1 Å². The first-order valence-corrected chi connectivity index (χ1v) is 2.67. The highest BCUT2D eigenvalue weighted by Gasteiger charge is 1.90. The summed E-state index contributed by atoms with van der Waals surface area (Å²) < 4.78 is 4.67. The summed E-state index contributed by atoms with van der Waals surface area (Å²) in [6.07, 6.45) is 3.23. The normalized spacial score (nSPS) is 13.5. The Kier molecular flexibility index (Phi) is 3.76. The van der Waals surface area contributed by atoms with Crippen LogP contribution in [0, 0.1) is 0 Å². The van der Waals surface area contributed by atoms with Crippen LogP contribution in [-0.2, 0) is 4.74 Å². The van der Waals surface area contributed by atoms with Crippen molar-refractivity contribution < 1.29 is 4.74 Å². The van der Waals surface area contributed by atoms with Crippen molar-refractivity contribution in [3.8, 4) is 0 Å². The van der Waals surface area contributed by atoms with Crippen LogP contribution in [0.3, 0.4) is 0 Å². The molecule has 2 nitrogen and oxygen atoms in total. The van der Waals surface area contributed by atoms with Gasteiger partial charge in [0.2, 0.25) is 0 Å². The largest absolute Gasteiger partial charge is 0.448 e. The Balaban J connectivity index is 0.000000222. The van der Waals surface area contributed by atoms with Gasteiger partial charge in [-0.05, 0) is 6.58 Å². The molecule has 0 aromatic rings. The van der Waals surface area contributed by atoms with Gasteiger partial charge in [0, 0.05) is 6.20 Å². The van der Waals surface area contributed by atoms with Crippen molar-refractivity contribution in [3.05, 3.63) is 24.9 Å². The molecule has 0 spiro atoms. The van der Waals surface area contributed by atoms with Crippen LogP contribution in [0.1, 0.15) is 13.8 Å². The third-order valence-corrected chi connectivity index (χ3v) is 0.523. The third-order valence-electron chi connectivity index (χ3n) is 0.523. The smallest absolute Gasteiger partial charge is 0.189 e. The summed E-state index contributed by atoms with van der Waals surface area (Å²) in [5.74, 6) is 0.593. The second kappa shape index (κ2) is 4.24. The van der Waals surface area contributed by atoms with Crippen molar-refractivity contribution in [2.75, 3.05) is 0 Å². The lowest BCUT2D eigenvalue weighted by Crippen LogP contribution is -1.94. The molecule has 0 amide bonds. The van der Waals surface area contributed by atoms with Gasteiger partial charge in [0.15, 0.2) is 5.88 Å². The van der Waals surface area contributed by atoms with Crippen LogP contribution in [0.15, 0.2) is 24.9 Å². The molecule has 1 heterocycles. The summed E-state index contributed by atoms with van der Waals surface area (Å²) >= 11 is 0. The van der Waals surface area contributed by atoms with Crippen LogP contribution in [-0.4, -0.2) is 0 Å². The quantitative estimate of drug-likeness (QED) is 0.515. The standard InChI is InChI=1S/C4H5NO.C2H6/c1-4-5-2-3-6-4;1-2/h2-3,5H,1H2;1-2H3. The highest BCUT2D eigenvalue weighted by atomic mass is 16.5. The van der Waals surface area contributed by atoms with Gasteiger partial charge in [0.25, 0.3) is 0 Å². The molecule has 0 unspecified atom stereocenters. The minimum Gasteiger partial charge on any atom is -0.448 e. The summed E-state index contributed by atoms with van der Waals surface area (Å²) in [5.41, 5.74) is 0. The van der Waals surface area contributed by atoms with Crippen LogP contribution < -0.4 is 5.32 Å². The molecule has 0 saturated carbocycles. The first kappa shape index (κ1) is 7.08. The zero-order chi connectivity index (χ0) is 6.41. The topological polar surface area (TPSA) is 21.3 Å². The van der Waals surface area contributed by atoms with Crippen molar-refractivity contribution in [2.24, 2.45) is 0 Å². The Hall–Kier alpha value is -0.920. The molecular formula is C6H11NO. The zero-order valence-corrected chi connectivity index (χ0v) is 5.27. The second-order valence-corrected chi connectivity index (χ2v) is 0.988. The average Bonchev–Trinajstić information content (AvgIpc) is 2.24. The van der Waals surface area contributed by atoms with E-state index in [2.05, 4.69) is 16.6 Å². The lowest BCUT2D eigenvalue weighted by molar-refractivity contribution is 0.359. The molecule has 1 rings (SSSR count). The van der Waals surface area contributed by atoms with Crippen molar-refractivity contribution in [1.82, 2.24) is 5.32 Å². The predicted molar refractivity (Wildman–Crippen MR) is 33.8 cm³/mol. The van der Waals surface area contributed by atoms with Crippen molar-refractivity contribution in [1.29, 1.82) is 0 Å². The molecule has 1 N–H and O–H groups in total. The van der Waals surface area contributed by atoms with E-state index in [1.54, 1.807) is 12.5 Å². The summed E-state index contributed by atoms with van der Waals surface area (Å²) in [6.45, 7) is 7.46. The summed E-state index contributed by atoms with van der Waals surface area (Å²) in [4.78, 5) is 0. The van der Waals surface area contributed by atoms with E-state index < -0.39 is 0 Å². The van der Waals surface area contributed by atoms with Gasteiger partial charge in [-0.2, -0.15) is 0 Å². The first-order chi connectivity index (χ1) is 3.89. The molecule has 2 heteroatoms. The molecule has 46 valence electrons. The molecule has 0 radical (unpaired) electrons. The zero-order valence-electron chi connectivity index (χ0n) is 5.27. The van der Waals surface area contributed by atoms with E-state index in [1.807, 2.05) is 13.8 Å². The molecule has 0 aliphatic carbocycles. The number of hydrogen-bond donors (Lipinski definition) is 1. The maximum absolute atomic E-state index is 4.67. The van der Waals surface area contributed by atoms with E-state index in [4.69, 9.17) is 0 Å². The fraction of sp³-hybridized carbons (Fsp3) is 0.333. The molecule has 0 aromatic heterocycles. The van der Waals surface area contributed by atoms with E-state index in [9.17, 15) is 0 Å². The number of rotatable bonds is 0. The van der Waals surface area contributed by atoms with Crippen LogP contribution in [0.2, 0.25) is 0 Å². The maximum atomic E-state index is 4.67. The van der Waals surface area contributed by atoms with Crippen molar-refractivity contribution in [2.45, 2.75) is 13.8 Å². The summed E-state index contributed by atoms with van der Waals surface area (Å²) in [7, 11) is 0. The molecule has 0 atom stereocenters. The first-order valence-electron chi connectivity index (χ1n) is 2.67. The molecule has 0 bridgehead atoms. The molecule has 0 saturated heterocycles. The predicted octanol–water partition coefficient (Wildman–Crippen LogP) is 1.57. The molecule has 8 heavy (non-hydrogen) atoms. The van der Waals surface area contributed by atoms with Crippen LogP contribution in [0.25, 0.3) is 0 Å². The van der Waals surface area contributed by atoms with E-state index in [-0.39, 0.29) is 0 Å². The fourth-order valence-corrected chi connectivity index (χ4v) is 0.277. The minimum atomic E-state index is 0.593. The number of nitrogens with one attached hydrogen (secondary N) is 1. The summed E-state index contributed by atoms with van der Waals surface area (Å²) in [5, 5.41) is 2.72. The van der Waals surface area contributed by atoms with Crippen molar-refractivity contribution >= 4 is 0 Å². The monoisotopic (exact) mass is 113 g/mol. The maximum Gasteiger partial charge on any atom is 0.189 e. The number of hydrogen-bond acceptors (Lipinski definition) is 2. The Bertz CT molecular complexity index is 86.7. The Labute approximate surface area is 49.8 Å². The van der Waals surface area contributed by atoms with Crippen LogP contribution in [0.5, 0.6) is 0 Å². The van der Waals surface area contributed by atoms with Gasteiger partial charge in [-0.25, -0.2) is 0 Å². The van der Waals surface area contributed by atoms with Gasteiger partial charge in [-0.3, -0.25) is 0 Å². The lowest BCUT2D eigenvalue weighted by atomic mass is 10.9. The van der Waals surface area contributed by atoms with Gasteiger partial charge in [0.1, 0.15) is 6.26 Å². The van der Waals surface area contributed by atoms with E-state index in [0.717, 1.165) is 0 Å². The molecule has 1 aliphatic rings. The number of ether oxygens (including phenoxy) is 1. The SMILES string of the molecule is C=C1NC=CO1.CC. The second-order valence-electron chi connectivity index (χ2n) is 0.988. The lowest BCUT2D eigenvalue weighted by Gasteiger charge is -1.88. The van der Waals surface area contributed by atoms with E-state index >= 15 is 0 Å². The Morgan fingerprint density at radius 2 is 2.25 bits per heavy atom. The molecule has 0 fully saturated rings. The van der Waals surface area contributed by atoms with Gasteiger partial charge >= 0.3 is 0 Å².